The van der Waals surface area contributed by atoms with E-state index < -0.39 is 11.2 Å². The van der Waals surface area contributed by atoms with E-state index in [1.165, 1.54) is 78.4 Å². The summed E-state index contributed by atoms with van der Waals surface area (Å²) in [5.74, 6) is 6.61. The lowest BCUT2D eigenvalue weighted by Crippen LogP contribution is -2.56. The third kappa shape index (κ3) is 10.8. The van der Waals surface area contributed by atoms with Crippen molar-refractivity contribution in [3.05, 3.63) is 48.8 Å². The number of aromatic nitrogens is 7. The number of hydrogen-bond acceptors (Lipinski definition) is 11. The number of rotatable bonds is 18. The summed E-state index contributed by atoms with van der Waals surface area (Å²) in [5, 5.41) is 45.9. The van der Waals surface area contributed by atoms with Gasteiger partial charge in [0.15, 0.2) is 0 Å². The van der Waals surface area contributed by atoms with Gasteiger partial charge in [-0.05, 0) is 233 Å². The Hall–Kier alpha value is -4.37. The smallest absolute Gasteiger partial charge is 0.305 e. The van der Waals surface area contributed by atoms with Crippen LogP contribution in [-0.4, -0.2) is 88.7 Å². The molecule has 2 aromatic carbocycles. The van der Waals surface area contributed by atoms with Gasteiger partial charge in [-0.25, -0.2) is 14.2 Å². The zero-order valence-corrected chi connectivity index (χ0v) is 52.9. The van der Waals surface area contributed by atoms with Crippen LogP contribution in [0, 0.1) is 86.8 Å². The summed E-state index contributed by atoms with van der Waals surface area (Å²) >= 11 is 6.15. The van der Waals surface area contributed by atoms with Crippen molar-refractivity contribution in [3.8, 4) is 22.5 Å². The summed E-state index contributed by atoms with van der Waals surface area (Å²) in [4.78, 5) is 26.9. The third-order valence-electron chi connectivity index (χ3n) is 26.2. The lowest BCUT2D eigenvalue weighted by atomic mass is 9.43. The molecule has 3 aromatic heterocycles. The Kier molecular flexibility index (Phi) is 16.4. The highest BCUT2D eigenvalue weighted by Gasteiger charge is 2.62. The minimum Gasteiger partial charge on any atom is -0.469 e. The summed E-state index contributed by atoms with van der Waals surface area (Å²) in [5.41, 5.74) is 5.07. The first kappa shape index (κ1) is 59.9. The molecule has 458 valence electrons. The molecule has 0 aliphatic heterocycles. The van der Waals surface area contributed by atoms with Crippen LogP contribution in [0.5, 0.6) is 0 Å². The summed E-state index contributed by atoms with van der Waals surface area (Å²) < 4.78 is 16.0. The first-order chi connectivity index (χ1) is 40.1. The fourth-order valence-corrected chi connectivity index (χ4v) is 21.1. The number of carbonyl (C=O) groups excluding carboxylic acids is 2. The van der Waals surface area contributed by atoms with Crippen molar-refractivity contribution < 1.29 is 29.3 Å². The zero-order valence-electron chi connectivity index (χ0n) is 52.2. The monoisotopic (exact) mass is 1170 g/mol. The molecule has 3 heterocycles. The number of nitrogens with zero attached hydrogens (tertiary/aromatic N) is 7. The summed E-state index contributed by atoms with van der Waals surface area (Å²) in [6, 6.07) is 13.1. The van der Waals surface area contributed by atoms with Gasteiger partial charge < -0.3 is 24.3 Å². The van der Waals surface area contributed by atoms with Crippen LogP contribution < -0.4 is 4.84 Å². The number of esters is 2. The summed E-state index contributed by atoms with van der Waals surface area (Å²) in [6.45, 7) is 19.5. The predicted octanol–water partition coefficient (Wildman–Crippen LogP) is 14.0. The second-order valence-corrected chi connectivity index (χ2v) is 30.6. The van der Waals surface area contributed by atoms with Gasteiger partial charge in [-0.2, -0.15) is 0 Å². The lowest BCUT2D eigenvalue weighted by molar-refractivity contribution is -0.156. The Morgan fingerprint density at radius 2 is 1.20 bits per heavy atom. The fourth-order valence-electron chi connectivity index (χ4n) is 21.0. The minimum atomic E-state index is -0.839. The van der Waals surface area contributed by atoms with E-state index in [9.17, 15) is 19.8 Å². The van der Waals surface area contributed by atoms with Crippen molar-refractivity contribution in [2.45, 2.75) is 214 Å². The van der Waals surface area contributed by atoms with Gasteiger partial charge in [0.1, 0.15) is 11.4 Å². The van der Waals surface area contributed by atoms with Crippen LogP contribution in [0.15, 0.2) is 48.8 Å². The van der Waals surface area contributed by atoms with Crippen molar-refractivity contribution in [1.29, 1.82) is 0 Å². The predicted molar refractivity (Wildman–Crippen MR) is 330 cm³/mol. The molecule has 0 radical (unpaired) electrons. The van der Waals surface area contributed by atoms with Gasteiger partial charge in [0.2, 0.25) is 0 Å². The molecule has 0 bridgehead atoms. The van der Waals surface area contributed by atoms with Crippen LogP contribution in [0.2, 0.25) is 0 Å². The van der Waals surface area contributed by atoms with Gasteiger partial charge in [-0.15, -0.1) is 10.2 Å². The van der Waals surface area contributed by atoms with Crippen molar-refractivity contribution in [2.75, 3.05) is 20.8 Å². The first-order valence-electron chi connectivity index (χ1n) is 32.9. The standard InChI is InChI=1S/C69H99ClN8O6/c1-43(10-22-62(79)83-8)45(3)64(4)26-24-55-48(36-64)12-15-49-37-68(81,30-28-65(49,55)5)41-76-39-58(72-74-76)46-13-17-51-52-18-14-47(35-61(52)78(33-32-71-70)60(51)34-46)59-40-77(75-73-59)42-69(82)31-29-66(6)50(38-69)16-19-53-56-21-20-54(44(2)11-23-63(80)84-9)67(56,7)27-25-57(53)66/h13-14,17-18,34-35,39-40,43-45,48-50,53-57,71,81-82H,10-12,15-16,19-33,36-38,41-42H2,1-9H3/t43-,44-,45?,48+,49-,50-,53+,54?,55?,56+,57?,64?,65?,66?,67?,68+,69+/m1/s1. The Bertz CT molecular complexity index is 3210. The molecular weight excluding hydrogens is 1070 g/mol. The molecular formula is C69H99ClN8O6. The number of carbonyl (C=O) groups is 2. The fraction of sp³-hybridized carbons (Fsp3) is 0.739. The molecule has 15 heteroatoms. The molecule has 17 atom stereocenters. The van der Waals surface area contributed by atoms with Gasteiger partial charge in [-0.3, -0.25) is 9.59 Å². The highest BCUT2D eigenvalue weighted by atomic mass is 35.5. The van der Waals surface area contributed by atoms with Gasteiger partial charge in [0.25, 0.3) is 0 Å². The van der Waals surface area contributed by atoms with E-state index in [0.717, 1.165) is 114 Å². The van der Waals surface area contributed by atoms with Gasteiger partial charge in [0.05, 0.1) is 50.9 Å². The molecule has 12 rings (SSSR count). The molecule has 7 aliphatic rings. The van der Waals surface area contributed by atoms with E-state index in [-0.39, 0.29) is 28.2 Å². The van der Waals surface area contributed by atoms with Crippen molar-refractivity contribution >= 4 is 45.5 Å². The second kappa shape index (κ2) is 23.0. The van der Waals surface area contributed by atoms with Gasteiger partial charge in [-0.1, -0.05) is 83.2 Å². The average molecular weight is 1170 g/mol. The number of hydrogen-bond donors (Lipinski definition) is 3. The zero-order chi connectivity index (χ0) is 59.1. The minimum absolute atomic E-state index is 0.0863. The maximum atomic E-state index is 12.4. The van der Waals surface area contributed by atoms with Crippen molar-refractivity contribution in [3.63, 3.8) is 0 Å². The second-order valence-electron chi connectivity index (χ2n) is 30.4. The van der Waals surface area contributed by atoms with Crippen LogP contribution in [0.1, 0.15) is 183 Å². The summed E-state index contributed by atoms with van der Waals surface area (Å²) in [6.07, 6.45) is 25.8. The number of nitrogens with one attached hydrogen (secondary N) is 1. The lowest BCUT2D eigenvalue weighted by Gasteiger charge is -2.62. The number of halogens is 1. The average Bonchev–Trinajstić information content (AvgIpc) is 3.42. The van der Waals surface area contributed by atoms with Crippen LogP contribution in [0.4, 0.5) is 0 Å². The van der Waals surface area contributed by atoms with E-state index in [0.29, 0.717) is 97.7 Å². The Morgan fingerprint density at radius 1 is 0.655 bits per heavy atom. The van der Waals surface area contributed by atoms with E-state index in [1.807, 2.05) is 21.8 Å². The maximum Gasteiger partial charge on any atom is 0.305 e. The maximum absolute atomic E-state index is 12.4. The molecule has 8 unspecified atom stereocenters. The van der Waals surface area contributed by atoms with E-state index in [2.05, 4.69) is 105 Å². The van der Waals surface area contributed by atoms with Gasteiger partial charge in [0, 0.05) is 58.9 Å². The van der Waals surface area contributed by atoms with E-state index in [4.69, 9.17) is 31.4 Å². The molecule has 7 fully saturated rings. The van der Waals surface area contributed by atoms with E-state index >= 15 is 0 Å². The molecule has 84 heavy (non-hydrogen) atoms. The molecule has 0 amide bonds. The van der Waals surface area contributed by atoms with Crippen molar-refractivity contribution in [2.24, 2.45) is 86.8 Å². The number of benzene rings is 2. The molecule has 0 spiro atoms. The third-order valence-corrected chi connectivity index (χ3v) is 26.4. The number of aliphatic hydroxyl groups is 2. The first-order valence-corrected chi connectivity index (χ1v) is 33.3. The SMILES string of the molecule is COC(=O)CC[C@@H](C)C(C)C1(C)CCC2[C@@H](CC[C@@H]3C[C@](O)(Cn4cc(-c5ccc6c7ccc(-c8cn(C[C@]9(O)CCC%10(C)C%11CCC%12(C)C([C@H](C)CCC(=O)OC)CC[C@H]%12[C@@H]%11CC[C@@H]%10C9)nn8)cc7n(CCNCl)c6c5)nn4)CCC23C)C1. The van der Waals surface area contributed by atoms with Crippen molar-refractivity contribution in [1.82, 2.24) is 39.4 Å². The number of fused-ring (bicyclic) bond motifs is 11. The van der Waals surface area contributed by atoms with E-state index in [1.54, 1.807) is 0 Å². The van der Waals surface area contributed by atoms with Crippen LogP contribution in [0.25, 0.3) is 44.3 Å². The largest absolute Gasteiger partial charge is 0.469 e. The molecule has 5 aromatic rings. The number of methoxy groups -OCH3 is 2. The Morgan fingerprint density at radius 3 is 1.79 bits per heavy atom. The Labute approximate surface area is 504 Å². The molecule has 7 aliphatic carbocycles. The quantitative estimate of drug-likeness (QED) is 0.0563. The topological polar surface area (TPSA) is 171 Å². The number of ether oxygens (including phenoxy) is 2. The highest BCUT2D eigenvalue weighted by molar-refractivity contribution is 6.13. The normalized spacial score (nSPS) is 36.7. The molecule has 14 nitrogen and oxygen atoms in total. The van der Waals surface area contributed by atoms with Crippen LogP contribution in [0.3, 0.4) is 0 Å². The van der Waals surface area contributed by atoms with Crippen LogP contribution in [-0.2, 0) is 38.7 Å². The Balaban J connectivity index is 0.691. The molecule has 3 N–H and O–H groups in total. The summed E-state index contributed by atoms with van der Waals surface area (Å²) in [7, 11) is 2.99. The molecule has 0 saturated heterocycles. The molecule has 7 saturated carbocycles. The highest BCUT2D eigenvalue weighted by Crippen LogP contribution is 2.69. The van der Waals surface area contributed by atoms with Crippen LogP contribution >= 0.6 is 11.8 Å². The van der Waals surface area contributed by atoms with Gasteiger partial charge >= 0.3 is 11.9 Å².